The monoisotopic (exact) mass is 239 g/mol. The van der Waals surface area contributed by atoms with Crippen molar-refractivity contribution in [3.8, 4) is 0 Å². The number of hydrogen-bond acceptors (Lipinski definition) is 1. The molecule has 1 saturated carbocycles. The van der Waals surface area contributed by atoms with E-state index in [0.717, 1.165) is 19.5 Å². The summed E-state index contributed by atoms with van der Waals surface area (Å²) in [5.41, 5.74) is 0.524. The predicted molar refractivity (Wildman–Crippen MR) is 64.8 cm³/mol. The molecule has 94 valence electrons. The highest BCUT2D eigenvalue weighted by Gasteiger charge is 2.31. The van der Waals surface area contributed by atoms with E-state index in [0.29, 0.717) is 23.8 Å². The van der Waals surface area contributed by atoms with E-state index in [-0.39, 0.29) is 0 Å². The third kappa shape index (κ3) is 2.83. The fraction of sp³-hybridized carbons (Fsp3) is 0.571. The van der Waals surface area contributed by atoms with Gasteiger partial charge in [0.25, 0.3) is 0 Å². The maximum absolute atomic E-state index is 13.5. The molecule has 1 N–H and O–H groups in total. The lowest BCUT2D eigenvalue weighted by Crippen LogP contribution is -2.36. The zero-order chi connectivity index (χ0) is 12.3. The molecule has 1 aromatic carbocycles. The lowest BCUT2D eigenvalue weighted by molar-refractivity contribution is 0.170. The van der Waals surface area contributed by atoms with Crippen molar-refractivity contribution in [3.05, 3.63) is 35.4 Å². The summed E-state index contributed by atoms with van der Waals surface area (Å²) in [7, 11) is 0. The van der Waals surface area contributed by atoms with Crippen molar-refractivity contribution in [1.82, 2.24) is 5.32 Å². The maximum Gasteiger partial charge on any atom is 0.162 e. The van der Waals surface area contributed by atoms with Crippen LogP contribution in [0, 0.1) is 23.5 Å². The standard InChI is InChI=1S/C14H19F2N/c1-2-17-9-12-7-6-10(12)8-11-4-3-5-13(15)14(11)16/h3-5,10,12,17H,2,6-9H2,1H3. The molecule has 2 atom stereocenters. The van der Waals surface area contributed by atoms with Crippen LogP contribution in [0.4, 0.5) is 8.78 Å². The molecule has 1 nitrogen and oxygen atoms in total. The first-order valence-corrected chi connectivity index (χ1v) is 6.36. The summed E-state index contributed by atoms with van der Waals surface area (Å²) >= 11 is 0. The van der Waals surface area contributed by atoms with Gasteiger partial charge in [-0.1, -0.05) is 19.1 Å². The van der Waals surface area contributed by atoms with Gasteiger partial charge in [0.2, 0.25) is 0 Å². The molecule has 0 spiro atoms. The molecule has 1 aliphatic rings. The number of halogens is 2. The van der Waals surface area contributed by atoms with Gasteiger partial charge in [-0.25, -0.2) is 8.78 Å². The Bertz CT molecular complexity index is 378. The normalized spacial score (nSPS) is 23.5. The number of benzene rings is 1. The SMILES string of the molecule is CCNCC1CCC1Cc1cccc(F)c1F. The average molecular weight is 239 g/mol. The fourth-order valence-corrected chi connectivity index (χ4v) is 2.49. The van der Waals surface area contributed by atoms with Gasteiger partial charge in [-0.3, -0.25) is 0 Å². The van der Waals surface area contributed by atoms with Gasteiger partial charge in [-0.15, -0.1) is 0 Å². The van der Waals surface area contributed by atoms with E-state index in [1.54, 1.807) is 12.1 Å². The molecule has 0 aromatic heterocycles. The molecule has 0 amide bonds. The van der Waals surface area contributed by atoms with E-state index in [1.165, 1.54) is 12.5 Å². The summed E-state index contributed by atoms with van der Waals surface area (Å²) in [6.45, 7) is 4.05. The van der Waals surface area contributed by atoms with Crippen LogP contribution >= 0.6 is 0 Å². The first-order chi connectivity index (χ1) is 8.22. The Morgan fingerprint density at radius 1 is 1.24 bits per heavy atom. The van der Waals surface area contributed by atoms with Crippen LogP contribution in [0.25, 0.3) is 0 Å². The number of rotatable bonds is 5. The van der Waals surface area contributed by atoms with Gasteiger partial charge >= 0.3 is 0 Å². The second-order valence-electron chi connectivity index (χ2n) is 4.82. The molecule has 1 fully saturated rings. The Morgan fingerprint density at radius 3 is 2.65 bits per heavy atom. The Morgan fingerprint density at radius 2 is 2.00 bits per heavy atom. The molecule has 1 aromatic rings. The molecular weight excluding hydrogens is 220 g/mol. The molecule has 0 saturated heterocycles. The molecule has 2 unspecified atom stereocenters. The van der Waals surface area contributed by atoms with Crippen molar-refractivity contribution < 1.29 is 8.78 Å². The highest BCUT2D eigenvalue weighted by Crippen LogP contribution is 2.36. The van der Waals surface area contributed by atoms with Gasteiger partial charge < -0.3 is 5.32 Å². The first kappa shape index (κ1) is 12.5. The number of nitrogens with one attached hydrogen (secondary N) is 1. The van der Waals surface area contributed by atoms with E-state index in [2.05, 4.69) is 12.2 Å². The molecule has 0 bridgehead atoms. The summed E-state index contributed by atoms with van der Waals surface area (Å²) < 4.78 is 26.6. The van der Waals surface area contributed by atoms with Crippen LogP contribution in [0.5, 0.6) is 0 Å². The Hall–Kier alpha value is -0.960. The average Bonchev–Trinajstić information content (AvgIpc) is 2.30. The lowest BCUT2D eigenvalue weighted by Gasteiger charge is -2.37. The maximum atomic E-state index is 13.5. The second-order valence-corrected chi connectivity index (χ2v) is 4.82. The summed E-state index contributed by atoms with van der Waals surface area (Å²) in [6.07, 6.45) is 3.00. The van der Waals surface area contributed by atoms with E-state index in [9.17, 15) is 8.78 Å². The minimum Gasteiger partial charge on any atom is -0.317 e. The van der Waals surface area contributed by atoms with Crippen LogP contribution in [0.1, 0.15) is 25.3 Å². The minimum absolute atomic E-state index is 0.505. The van der Waals surface area contributed by atoms with Gasteiger partial charge in [-0.2, -0.15) is 0 Å². The van der Waals surface area contributed by atoms with Gasteiger partial charge in [0.15, 0.2) is 11.6 Å². The molecule has 17 heavy (non-hydrogen) atoms. The van der Waals surface area contributed by atoms with Crippen molar-refractivity contribution in [1.29, 1.82) is 0 Å². The Labute approximate surface area is 101 Å². The topological polar surface area (TPSA) is 12.0 Å². The largest absolute Gasteiger partial charge is 0.317 e. The van der Waals surface area contributed by atoms with E-state index < -0.39 is 11.6 Å². The third-order valence-electron chi connectivity index (χ3n) is 3.75. The van der Waals surface area contributed by atoms with Crippen LogP contribution in [-0.4, -0.2) is 13.1 Å². The summed E-state index contributed by atoms with van der Waals surface area (Å²) in [4.78, 5) is 0. The number of hydrogen-bond donors (Lipinski definition) is 1. The Balaban J connectivity index is 1.94. The summed E-state index contributed by atoms with van der Waals surface area (Å²) in [5.74, 6) is -0.269. The van der Waals surface area contributed by atoms with Crippen molar-refractivity contribution in [3.63, 3.8) is 0 Å². The molecule has 0 aliphatic heterocycles. The van der Waals surface area contributed by atoms with Crippen molar-refractivity contribution in [2.45, 2.75) is 26.2 Å². The zero-order valence-corrected chi connectivity index (χ0v) is 10.2. The van der Waals surface area contributed by atoms with Gasteiger partial charge in [0.1, 0.15) is 0 Å². The zero-order valence-electron chi connectivity index (χ0n) is 10.2. The smallest absolute Gasteiger partial charge is 0.162 e. The molecule has 3 heteroatoms. The highest BCUT2D eigenvalue weighted by molar-refractivity contribution is 5.20. The van der Waals surface area contributed by atoms with Gasteiger partial charge in [-0.05, 0) is 55.8 Å². The summed E-state index contributed by atoms with van der Waals surface area (Å²) in [6, 6.07) is 4.46. The van der Waals surface area contributed by atoms with Crippen LogP contribution < -0.4 is 5.32 Å². The van der Waals surface area contributed by atoms with Crippen molar-refractivity contribution in [2.75, 3.05) is 13.1 Å². The quantitative estimate of drug-likeness (QED) is 0.832. The molecule has 1 aliphatic carbocycles. The molecule has 2 rings (SSSR count). The van der Waals surface area contributed by atoms with Crippen molar-refractivity contribution in [2.24, 2.45) is 11.8 Å². The highest BCUT2D eigenvalue weighted by atomic mass is 19.2. The second kappa shape index (κ2) is 5.58. The van der Waals surface area contributed by atoms with Crippen LogP contribution in [-0.2, 0) is 6.42 Å². The lowest BCUT2D eigenvalue weighted by atomic mass is 9.70. The first-order valence-electron chi connectivity index (χ1n) is 6.36. The summed E-state index contributed by atoms with van der Waals surface area (Å²) in [5, 5.41) is 3.32. The minimum atomic E-state index is -0.731. The van der Waals surface area contributed by atoms with E-state index in [4.69, 9.17) is 0 Å². The van der Waals surface area contributed by atoms with Crippen LogP contribution in [0.15, 0.2) is 18.2 Å². The van der Waals surface area contributed by atoms with Crippen LogP contribution in [0.3, 0.4) is 0 Å². The third-order valence-corrected chi connectivity index (χ3v) is 3.75. The van der Waals surface area contributed by atoms with Crippen LogP contribution in [0.2, 0.25) is 0 Å². The molecular formula is C14H19F2N. The Kier molecular flexibility index (Phi) is 4.11. The molecule has 0 heterocycles. The fourth-order valence-electron chi connectivity index (χ4n) is 2.49. The van der Waals surface area contributed by atoms with Gasteiger partial charge in [0.05, 0.1) is 0 Å². The van der Waals surface area contributed by atoms with Gasteiger partial charge in [0, 0.05) is 0 Å². The predicted octanol–water partition coefficient (Wildman–Crippen LogP) is 3.14. The van der Waals surface area contributed by atoms with E-state index >= 15 is 0 Å². The van der Waals surface area contributed by atoms with Crippen molar-refractivity contribution >= 4 is 0 Å². The molecule has 0 radical (unpaired) electrons. The van der Waals surface area contributed by atoms with E-state index in [1.807, 2.05) is 0 Å².